The van der Waals surface area contributed by atoms with Gasteiger partial charge in [0.15, 0.2) is 42.0 Å². The Morgan fingerprint density at radius 1 is 0.930 bits per heavy atom. The van der Waals surface area contributed by atoms with Crippen molar-refractivity contribution in [1.82, 2.24) is 19.5 Å². The number of carbonyl (C=O) groups is 1. The number of alkyl halides is 1. The molecule has 1 aliphatic heterocycles. The maximum atomic E-state index is 15.7. The lowest BCUT2D eigenvalue weighted by Crippen LogP contribution is -2.23. The molecule has 220 valence electrons. The zero-order valence-corrected chi connectivity index (χ0v) is 23.8. The molecule has 1 N–H and O–H groups in total. The van der Waals surface area contributed by atoms with E-state index in [0.29, 0.717) is 17.1 Å². The van der Waals surface area contributed by atoms with Crippen LogP contribution in [0.5, 0.6) is 11.5 Å². The van der Waals surface area contributed by atoms with Crippen molar-refractivity contribution in [2.45, 2.75) is 25.6 Å². The van der Waals surface area contributed by atoms with Gasteiger partial charge in [-0.05, 0) is 36.4 Å². The summed E-state index contributed by atoms with van der Waals surface area (Å²) in [6, 6.07) is 25.8. The number of nitrogens with one attached hydrogen (secondary N) is 1. The van der Waals surface area contributed by atoms with E-state index in [9.17, 15) is 9.36 Å². The summed E-state index contributed by atoms with van der Waals surface area (Å²) in [4.78, 5) is 25.4. The number of anilines is 1. The Hall–Kier alpha value is -4.64. The normalized spacial score (nSPS) is 20.1. The number of para-hydroxylation sites is 2. The smallest absolute Gasteiger partial charge is 0.415 e. The number of fused-ring (bicyclic) bond motifs is 1. The van der Waals surface area contributed by atoms with Crippen LogP contribution in [-0.4, -0.2) is 44.2 Å². The van der Waals surface area contributed by atoms with E-state index in [2.05, 4.69) is 20.3 Å². The molecular weight excluding hydrogens is 576 g/mol. The van der Waals surface area contributed by atoms with Gasteiger partial charge in [-0.15, -0.1) is 0 Å². The number of ether oxygens (including phenoxy) is 2. The maximum absolute atomic E-state index is 15.7. The van der Waals surface area contributed by atoms with Gasteiger partial charge in [-0.1, -0.05) is 61.5 Å². The molecular formula is C30H27FN5O6P. The molecule has 0 saturated carbocycles. The van der Waals surface area contributed by atoms with Crippen LogP contribution in [0.2, 0.25) is 0 Å². The third kappa shape index (κ3) is 6.26. The van der Waals surface area contributed by atoms with Gasteiger partial charge in [-0.2, -0.15) is 0 Å². The molecule has 6 rings (SSSR count). The molecule has 0 aliphatic carbocycles. The van der Waals surface area contributed by atoms with Crippen LogP contribution in [-0.2, 0) is 14.0 Å². The predicted octanol–water partition coefficient (Wildman–Crippen LogP) is 6.23. The Morgan fingerprint density at radius 3 is 2.16 bits per heavy atom. The minimum atomic E-state index is -3.93. The highest BCUT2D eigenvalue weighted by atomic mass is 31.2. The van der Waals surface area contributed by atoms with Crippen LogP contribution in [0.4, 0.5) is 10.2 Å². The van der Waals surface area contributed by atoms with Crippen LogP contribution in [0.15, 0.2) is 104 Å². The average Bonchev–Trinajstić information content (AvgIpc) is 3.58. The molecule has 1 fully saturated rings. The van der Waals surface area contributed by atoms with Crippen LogP contribution in [0.25, 0.3) is 11.2 Å². The average molecular weight is 604 g/mol. The maximum Gasteiger partial charge on any atom is 0.456 e. The first kappa shape index (κ1) is 28.5. The first-order chi connectivity index (χ1) is 20.9. The molecule has 11 nitrogen and oxygen atoms in total. The molecule has 2 aromatic heterocycles. The second-order valence-electron chi connectivity index (χ2n) is 9.78. The van der Waals surface area contributed by atoms with Gasteiger partial charge in [0.05, 0.1) is 6.33 Å². The van der Waals surface area contributed by atoms with Crippen LogP contribution in [0.1, 0.15) is 23.5 Å². The Kier molecular flexibility index (Phi) is 8.15. The summed E-state index contributed by atoms with van der Waals surface area (Å²) in [5.74, 6) is -0.316. The van der Waals surface area contributed by atoms with Crippen molar-refractivity contribution in [3.05, 3.63) is 109 Å². The molecule has 3 heterocycles. The summed E-state index contributed by atoms with van der Waals surface area (Å²) >= 11 is 0. The zero-order valence-electron chi connectivity index (χ0n) is 22.9. The number of aromatic nitrogens is 4. The summed E-state index contributed by atoms with van der Waals surface area (Å²) in [6.45, 7) is 1.62. The van der Waals surface area contributed by atoms with Crippen LogP contribution in [0, 0.1) is 5.92 Å². The minimum Gasteiger partial charge on any atom is -0.415 e. The van der Waals surface area contributed by atoms with Gasteiger partial charge in [0.2, 0.25) is 0 Å². The summed E-state index contributed by atoms with van der Waals surface area (Å²) in [5.41, 5.74) is 0.955. The van der Waals surface area contributed by atoms with Crippen molar-refractivity contribution in [2.75, 3.05) is 11.7 Å². The lowest BCUT2D eigenvalue weighted by atomic mass is 10.1. The van der Waals surface area contributed by atoms with Crippen LogP contribution >= 0.6 is 7.60 Å². The first-order valence-corrected chi connectivity index (χ1v) is 15.2. The number of carbonyl (C=O) groups excluding carboxylic acids is 1. The van der Waals surface area contributed by atoms with Gasteiger partial charge in [0.25, 0.3) is 5.91 Å². The highest BCUT2D eigenvalue weighted by molar-refractivity contribution is 7.54. The standard InChI is InChI=1S/C30H27FN5O6P/c1-20-24(31)29(36-18-34-25-26(32-17-33-27(25)36)35-28(37)21-11-5-2-6-12-21)40-30(20)39-19-43(38,41-22-13-7-3-8-14-22)42-23-15-9-4-10-16-23/h2-18,20,24,29-30H,19H2,1H3,(H,32,33,35,37)/t20-,24-,29+,30-/m0/s1. The van der Waals surface area contributed by atoms with Gasteiger partial charge in [0, 0.05) is 11.5 Å². The third-order valence-corrected chi connectivity index (χ3v) is 8.19. The van der Waals surface area contributed by atoms with E-state index in [0.717, 1.165) is 0 Å². The molecule has 5 aromatic rings. The zero-order chi connectivity index (χ0) is 29.8. The van der Waals surface area contributed by atoms with Crippen molar-refractivity contribution in [1.29, 1.82) is 0 Å². The fraction of sp³-hybridized carbons (Fsp3) is 0.200. The van der Waals surface area contributed by atoms with Crippen LogP contribution < -0.4 is 14.4 Å². The Bertz CT molecular complexity index is 1700. The predicted molar refractivity (Wildman–Crippen MR) is 155 cm³/mol. The van der Waals surface area contributed by atoms with Gasteiger partial charge < -0.3 is 23.8 Å². The number of imidazole rings is 1. The van der Waals surface area contributed by atoms with E-state index in [1.807, 2.05) is 0 Å². The molecule has 0 radical (unpaired) electrons. The summed E-state index contributed by atoms with van der Waals surface area (Å²) < 4.78 is 54.3. The van der Waals surface area contributed by atoms with Gasteiger partial charge in [0.1, 0.15) is 17.8 Å². The van der Waals surface area contributed by atoms with Crippen molar-refractivity contribution in [2.24, 2.45) is 5.92 Å². The van der Waals surface area contributed by atoms with E-state index in [1.165, 1.54) is 17.2 Å². The second-order valence-corrected chi connectivity index (χ2v) is 11.6. The van der Waals surface area contributed by atoms with E-state index in [1.54, 1.807) is 97.9 Å². The number of hydrogen-bond donors (Lipinski definition) is 1. The monoisotopic (exact) mass is 603 g/mol. The molecule has 13 heteroatoms. The Labute approximate surface area is 246 Å². The summed E-state index contributed by atoms with van der Waals surface area (Å²) in [5, 5.41) is 2.73. The van der Waals surface area contributed by atoms with Crippen molar-refractivity contribution in [3.8, 4) is 11.5 Å². The SMILES string of the molecule is C[C@@H]1[C@@H](OCP(=O)(Oc2ccccc2)Oc2ccccc2)O[C@@H](n2cnc3c(NC(=O)c4ccccc4)ncnc32)[C@H]1F. The molecule has 0 bridgehead atoms. The highest BCUT2D eigenvalue weighted by Gasteiger charge is 2.46. The topological polar surface area (TPSA) is 127 Å². The van der Waals surface area contributed by atoms with E-state index in [-0.39, 0.29) is 22.9 Å². The number of amides is 1. The number of benzene rings is 3. The quantitative estimate of drug-likeness (QED) is 0.185. The molecule has 0 spiro atoms. The van der Waals surface area contributed by atoms with Crippen molar-refractivity contribution < 1.29 is 32.3 Å². The van der Waals surface area contributed by atoms with E-state index >= 15 is 4.39 Å². The number of rotatable bonds is 10. The summed E-state index contributed by atoms with van der Waals surface area (Å²) in [6.07, 6.45) is -1.69. The van der Waals surface area contributed by atoms with Crippen molar-refractivity contribution >= 4 is 30.5 Å². The van der Waals surface area contributed by atoms with E-state index < -0.39 is 38.6 Å². The molecule has 1 aliphatic rings. The fourth-order valence-corrected chi connectivity index (χ4v) is 5.93. The fourth-order valence-electron chi connectivity index (χ4n) is 4.58. The first-order valence-electron chi connectivity index (χ1n) is 13.4. The molecule has 0 unspecified atom stereocenters. The lowest BCUT2D eigenvalue weighted by Gasteiger charge is -2.23. The molecule has 43 heavy (non-hydrogen) atoms. The molecule has 4 atom stereocenters. The Balaban J connectivity index is 1.19. The largest absolute Gasteiger partial charge is 0.456 e. The molecule has 1 saturated heterocycles. The second kappa shape index (κ2) is 12.3. The highest BCUT2D eigenvalue weighted by Crippen LogP contribution is 2.50. The van der Waals surface area contributed by atoms with Crippen molar-refractivity contribution in [3.63, 3.8) is 0 Å². The number of halogens is 1. The van der Waals surface area contributed by atoms with Crippen LogP contribution in [0.3, 0.4) is 0 Å². The minimum absolute atomic E-state index is 0.170. The Morgan fingerprint density at radius 2 is 1.53 bits per heavy atom. The third-order valence-electron chi connectivity index (χ3n) is 6.75. The van der Waals surface area contributed by atoms with Gasteiger partial charge in [-0.25, -0.2) is 23.9 Å². The number of hydrogen-bond acceptors (Lipinski definition) is 9. The van der Waals surface area contributed by atoms with E-state index in [4.69, 9.17) is 18.5 Å². The molecule has 3 aromatic carbocycles. The number of nitrogens with zero attached hydrogens (tertiary/aromatic N) is 4. The lowest BCUT2D eigenvalue weighted by molar-refractivity contribution is -0.153. The van der Waals surface area contributed by atoms with Gasteiger partial charge >= 0.3 is 7.60 Å². The summed E-state index contributed by atoms with van der Waals surface area (Å²) in [7, 11) is -3.93. The molecule has 1 amide bonds. The van der Waals surface area contributed by atoms with Gasteiger partial charge in [-0.3, -0.25) is 9.36 Å².